The van der Waals surface area contributed by atoms with Crippen molar-refractivity contribution in [1.29, 1.82) is 0 Å². The average molecular weight is 230 g/mol. The van der Waals surface area contributed by atoms with E-state index in [2.05, 4.69) is 10.6 Å². The van der Waals surface area contributed by atoms with Crippen LogP contribution in [0, 0.1) is 0 Å². The van der Waals surface area contributed by atoms with Crippen molar-refractivity contribution in [2.24, 2.45) is 0 Å². The van der Waals surface area contributed by atoms with E-state index in [1.165, 1.54) is 0 Å². The van der Waals surface area contributed by atoms with E-state index in [0.717, 1.165) is 0 Å². The van der Waals surface area contributed by atoms with Crippen LogP contribution in [-0.4, -0.2) is 36.0 Å². The van der Waals surface area contributed by atoms with Gasteiger partial charge in [0, 0.05) is 19.4 Å². The van der Waals surface area contributed by atoms with Crippen molar-refractivity contribution in [3.63, 3.8) is 0 Å². The van der Waals surface area contributed by atoms with Gasteiger partial charge in [0.05, 0.1) is 6.54 Å². The molecule has 0 spiro atoms. The zero-order chi connectivity index (χ0) is 12.4. The lowest BCUT2D eigenvalue weighted by Gasteiger charge is -2.04. The molecule has 0 aliphatic heterocycles. The van der Waals surface area contributed by atoms with E-state index in [-0.39, 0.29) is 31.2 Å². The van der Waals surface area contributed by atoms with Crippen molar-refractivity contribution >= 4 is 17.8 Å². The van der Waals surface area contributed by atoms with Crippen LogP contribution in [0.3, 0.4) is 0 Å². The minimum Gasteiger partial charge on any atom is -0.481 e. The molecule has 6 nitrogen and oxygen atoms in total. The lowest BCUT2D eigenvalue weighted by molar-refractivity contribution is -0.137. The number of nitrogens with one attached hydrogen (secondary N) is 2. The van der Waals surface area contributed by atoms with Crippen molar-refractivity contribution < 1.29 is 19.5 Å². The Kier molecular flexibility index (Phi) is 7.83. The summed E-state index contributed by atoms with van der Waals surface area (Å²) in [5.74, 6) is -1.30. The fraction of sp³-hybridized carbons (Fsp3) is 0.700. The molecule has 0 aliphatic carbocycles. The van der Waals surface area contributed by atoms with Crippen LogP contribution >= 0.6 is 0 Å². The first kappa shape index (κ1) is 14.4. The molecule has 6 heteroatoms. The van der Waals surface area contributed by atoms with Gasteiger partial charge < -0.3 is 15.7 Å². The highest BCUT2D eigenvalue weighted by molar-refractivity contribution is 5.84. The van der Waals surface area contributed by atoms with Crippen molar-refractivity contribution in [3.05, 3.63) is 0 Å². The number of hydrogen-bond acceptors (Lipinski definition) is 3. The number of aliphatic carboxylic acids is 1. The topological polar surface area (TPSA) is 95.5 Å². The van der Waals surface area contributed by atoms with Gasteiger partial charge in [-0.05, 0) is 19.8 Å². The monoisotopic (exact) mass is 230 g/mol. The molecule has 0 atom stereocenters. The highest BCUT2D eigenvalue weighted by Crippen LogP contribution is 1.99. The fourth-order valence-corrected chi connectivity index (χ4v) is 1.09. The number of hydrogen-bond donors (Lipinski definition) is 3. The summed E-state index contributed by atoms with van der Waals surface area (Å²) in [6, 6.07) is 0. The van der Waals surface area contributed by atoms with E-state index in [0.29, 0.717) is 19.4 Å². The van der Waals surface area contributed by atoms with E-state index >= 15 is 0 Å². The summed E-state index contributed by atoms with van der Waals surface area (Å²) < 4.78 is 0. The molecule has 0 heterocycles. The van der Waals surface area contributed by atoms with Crippen molar-refractivity contribution in [2.45, 2.75) is 32.6 Å². The largest absolute Gasteiger partial charge is 0.481 e. The molecule has 0 saturated carbocycles. The van der Waals surface area contributed by atoms with Crippen LogP contribution < -0.4 is 10.6 Å². The van der Waals surface area contributed by atoms with Crippen LogP contribution in [-0.2, 0) is 14.4 Å². The number of rotatable bonds is 8. The Hall–Kier alpha value is -1.59. The first-order valence-electron chi connectivity index (χ1n) is 5.31. The Labute approximate surface area is 94.4 Å². The molecule has 0 saturated heterocycles. The lowest BCUT2D eigenvalue weighted by Crippen LogP contribution is -2.36. The molecule has 0 radical (unpaired) electrons. The predicted octanol–water partition coefficient (Wildman–Crippen LogP) is -0.116. The van der Waals surface area contributed by atoms with Crippen LogP contribution in [0.4, 0.5) is 0 Å². The first-order valence-corrected chi connectivity index (χ1v) is 5.31. The third-order valence-electron chi connectivity index (χ3n) is 1.86. The molecule has 3 N–H and O–H groups in total. The molecule has 0 aromatic rings. The van der Waals surface area contributed by atoms with Crippen molar-refractivity contribution in [3.8, 4) is 0 Å². The average Bonchev–Trinajstić information content (AvgIpc) is 2.22. The molecule has 2 amide bonds. The Bertz CT molecular complexity index is 253. The summed E-state index contributed by atoms with van der Waals surface area (Å²) >= 11 is 0. The van der Waals surface area contributed by atoms with Crippen LogP contribution in [0.1, 0.15) is 32.6 Å². The smallest absolute Gasteiger partial charge is 0.303 e. The molecule has 0 aromatic heterocycles. The molecule has 0 rings (SSSR count). The predicted molar refractivity (Wildman–Crippen MR) is 57.8 cm³/mol. The third kappa shape index (κ3) is 8.98. The number of carboxylic acids is 1. The highest BCUT2D eigenvalue weighted by atomic mass is 16.4. The molecule has 0 aliphatic rings. The minimum atomic E-state index is -0.859. The van der Waals surface area contributed by atoms with Gasteiger partial charge in [-0.25, -0.2) is 0 Å². The summed E-state index contributed by atoms with van der Waals surface area (Å²) in [7, 11) is 0. The van der Waals surface area contributed by atoms with Crippen LogP contribution in [0.15, 0.2) is 0 Å². The van der Waals surface area contributed by atoms with Gasteiger partial charge in [-0.15, -0.1) is 0 Å². The van der Waals surface area contributed by atoms with Crippen LogP contribution in [0.2, 0.25) is 0 Å². The maximum Gasteiger partial charge on any atom is 0.303 e. The Morgan fingerprint density at radius 3 is 2.19 bits per heavy atom. The maximum atomic E-state index is 11.2. The van der Waals surface area contributed by atoms with E-state index < -0.39 is 5.97 Å². The van der Waals surface area contributed by atoms with Gasteiger partial charge in [0.25, 0.3) is 0 Å². The van der Waals surface area contributed by atoms with E-state index in [1.54, 1.807) is 6.92 Å². The number of carbonyl (C=O) groups excluding carboxylic acids is 2. The molecular weight excluding hydrogens is 212 g/mol. The molecule has 0 bridgehead atoms. The second-order valence-corrected chi connectivity index (χ2v) is 3.33. The van der Waals surface area contributed by atoms with Crippen molar-refractivity contribution in [2.75, 3.05) is 13.1 Å². The van der Waals surface area contributed by atoms with E-state index in [4.69, 9.17) is 5.11 Å². The summed E-state index contributed by atoms with van der Waals surface area (Å²) in [5.41, 5.74) is 0. The molecule has 16 heavy (non-hydrogen) atoms. The van der Waals surface area contributed by atoms with Gasteiger partial charge in [0.15, 0.2) is 0 Å². The minimum absolute atomic E-state index is 0.0222. The molecule has 0 aromatic carbocycles. The second kappa shape index (κ2) is 8.70. The molecular formula is C10H18N2O4. The zero-order valence-corrected chi connectivity index (χ0v) is 9.41. The SMILES string of the molecule is CCNC(=O)CNC(=O)CCCCC(=O)O. The lowest BCUT2D eigenvalue weighted by atomic mass is 10.2. The molecule has 92 valence electrons. The van der Waals surface area contributed by atoms with Gasteiger partial charge in [-0.1, -0.05) is 0 Å². The maximum absolute atomic E-state index is 11.2. The number of carboxylic acid groups (broad SMARTS) is 1. The molecule has 0 unspecified atom stereocenters. The summed E-state index contributed by atoms with van der Waals surface area (Å²) in [6.07, 6.45) is 1.33. The highest BCUT2D eigenvalue weighted by Gasteiger charge is 2.04. The number of amides is 2. The third-order valence-corrected chi connectivity index (χ3v) is 1.86. The molecule has 0 fully saturated rings. The number of unbranched alkanes of at least 4 members (excludes halogenated alkanes) is 1. The van der Waals surface area contributed by atoms with Gasteiger partial charge in [0.2, 0.25) is 11.8 Å². The summed E-state index contributed by atoms with van der Waals surface area (Å²) in [6.45, 7) is 2.31. The van der Waals surface area contributed by atoms with Gasteiger partial charge in [-0.3, -0.25) is 14.4 Å². The van der Waals surface area contributed by atoms with Gasteiger partial charge in [0.1, 0.15) is 0 Å². The van der Waals surface area contributed by atoms with Crippen LogP contribution in [0.25, 0.3) is 0 Å². The Balaban J connectivity index is 3.44. The van der Waals surface area contributed by atoms with Gasteiger partial charge >= 0.3 is 5.97 Å². The first-order chi connectivity index (χ1) is 7.56. The fourth-order valence-electron chi connectivity index (χ4n) is 1.09. The summed E-state index contributed by atoms with van der Waals surface area (Å²) in [5, 5.41) is 13.4. The van der Waals surface area contributed by atoms with E-state index in [9.17, 15) is 14.4 Å². The number of carbonyl (C=O) groups is 3. The van der Waals surface area contributed by atoms with E-state index in [1.807, 2.05) is 0 Å². The zero-order valence-electron chi connectivity index (χ0n) is 9.41. The quantitative estimate of drug-likeness (QED) is 0.507. The normalized spacial score (nSPS) is 9.56. The van der Waals surface area contributed by atoms with Crippen LogP contribution in [0.5, 0.6) is 0 Å². The van der Waals surface area contributed by atoms with Gasteiger partial charge in [-0.2, -0.15) is 0 Å². The standard InChI is InChI=1S/C10H18N2O4/c1-2-11-9(14)7-12-8(13)5-3-4-6-10(15)16/h2-7H2,1H3,(H,11,14)(H,12,13)(H,15,16). The second-order valence-electron chi connectivity index (χ2n) is 3.33. The van der Waals surface area contributed by atoms with Crippen molar-refractivity contribution in [1.82, 2.24) is 10.6 Å². The number of likely N-dealkylation sites (N-methyl/N-ethyl adjacent to an activating group) is 1. The Morgan fingerprint density at radius 2 is 1.62 bits per heavy atom. The Morgan fingerprint density at radius 1 is 1.00 bits per heavy atom. The summed E-state index contributed by atoms with van der Waals surface area (Å²) in [4.78, 5) is 32.3.